The Labute approximate surface area is 108 Å². The summed E-state index contributed by atoms with van der Waals surface area (Å²) in [5, 5.41) is 6.05. The summed E-state index contributed by atoms with van der Waals surface area (Å²) < 4.78 is 0. The minimum atomic E-state index is -0.0640. The number of carbonyl (C=O) groups is 1. The number of pyridine rings is 1. The molecule has 2 unspecified atom stereocenters. The van der Waals surface area contributed by atoms with E-state index in [2.05, 4.69) is 22.5 Å². The lowest BCUT2D eigenvalue weighted by Gasteiger charge is -2.29. The van der Waals surface area contributed by atoms with Crippen molar-refractivity contribution < 1.29 is 4.79 Å². The standard InChI is InChI=1S/C14H21N3O/c1-10-6-3-4-7-11(10)17-14(18)12-8-5-9-13(15-2)16-12/h5,8-11H,3-4,6-7H2,1-2H3,(H,15,16)(H,17,18). The maximum Gasteiger partial charge on any atom is 0.270 e. The maximum absolute atomic E-state index is 12.1. The molecule has 0 aliphatic heterocycles. The Morgan fingerprint density at radius 3 is 2.83 bits per heavy atom. The van der Waals surface area contributed by atoms with Crippen LogP contribution in [0.3, 0.4) is 0 Å². The Hall–Kier alpha value is -1.58. The molecule has 2 rings (SSSR count). The van der Waals surface area contributed by atoms with Crippen molar-refractivity contribution in [3.63, 3.8) is 0 Å². The van der Waals surface area contributed by atoms with Gasteiger partial charge in [-0.3, -0.25) is 4.79 Å². The summed E-state index contributed by atoms with van der Waals surface area (Å²) in [7, 11) is 1.80. The van der Waals surface area contributed by atoms with E-state index in [0.29, 0.717) is 17.7 Å². The Bertz CT molecular complexity index is 419. The highest BCUT2D eigenvalue weighted by Gasteiger charge is 2.23. The number of hydrogen-bond donors (Lipinski definition) is 2. The zero-order valence-corrected chi connectivity index (χ0v) is 11.1. The van der Waals surface area contributed by atoms with Crippen molar-refractivity contribution in [2.75, 3.05) is 12.4 Å². The van der Waals surface area contributed by atoms with Crippen molar-refractivity contribution in [1.82, 2.24) is 10.3 Å². The number of carbonyl (C=O) groups excluding carboxylic acids is 1. The fourth-order valence-electron chi connectivity index (χ4n) is 2.47. The van der Waals surface area contributed by atoms with Crippen LogP contribution in [0.25, 0.3) is 0 Å². The van der Waals surface area contributed by atoms with Gasteiger partial charge in [-0.05, 0) is 30.9 Å². The fourth-order valence-corrected chi connectivity index (χ4v) is 2.47. The minimum Gasteiger partial charge on any atom is -0.373 e. The largest absolute Gasteiger partial charge is 0.373 e. The first-order valence-corrected chi connectivity index (χ1v) is 6.66. The van der Waals surface area contributed by atoms with E-state index in [1.165, 1.54) is 19.3 Å². The Balaban J connectivity index is 2.02. The van der Waals surface area contributed by atoms with Crippen LogP contribution in [0, 0.1) is 5.92 Å². The minimum absolute atomic E-state index is 0.0640. The molecule has 18 heavy (non-hydrogen) atoms. The van der Waals surface area contributed by atoms with Crippen LogP contribution in [-0.4, -0.2) is 24.0 Å². The van der Waals surface area contributed by atoms with Gasteiger partial charge in [0, 0.05) is 13.1 Å². The Morgan fingerprint density at radius 1 is 1.33 bits per heavy atom. The van der Waals surface area contributed by atoms with Crippen LogP contribution in [0.5, 0.6) is 0 Å². The van der Waals surface area contributed by atoms with E-state index >= 15 is 0 Å². The first kappa shape index (κ1) is 12.9. The Kier molecular flexibility index (Phi) is 4.18. The van der Waals surface area contributed by atoms with E-state index in [9.17, 15) is 4.79 Å². The topological polar surface area (TPSA) is 54.0 Å². The molecule has 2 atom stereocenters. The quantitative estimate of drug-likeness (QED) is 0.862. The number of nitrogens with one attached hydrogen (secondary N) is 2. The van der Waals surface area contributed by atoms with Crippen molar-refractivity contribution in [2.24, 2.45) is 5.92 Å². The van der Waals surface area contributed by atoms with E-state index in [1.54, 1.807) is 13.1 Å². The summed E-state index contributed by atoms with van der Waals surface area (Å²) in [4.78, 5) is 16.4. The normalized spacial score (nSPS) is 23.4. The first-order chi connectivity index (χ1) is 8.70. The highest BCUT2D eigenvalue weighted by molar-refractivity contribution is 5.92. The van der Waals surface area contributed by atoms with Crippen LogP contribution in [-0.2, 0) is 0 Å². The monoisotopic (exact) mass is 247 g/mol. The van der Waals surface area contributed by atoms with E-state index in [0.717, 1.165) is 12.2 Å². The zero-order chi connectivity index (χ0) is 13.0. The summed E-state index contributed by atoms with van der Waals surface area (Å²) in [5.41, 5.74) is 0.486. The number of anilines is 1. The number of hydrogen-bond acceptors (Lipinski definition) is 3. The highest BCUT2D eigenvalue weighted by atomic mass is 16.1. The van der Waals surface area contributed by atoms with Crippen molar-refractivity contribution in [3.05, 3.63) is 23.9 Å². The predicted octanol–water partition coefficient (Wildman–Crippen LogP) is 2.43. The zero-order valence-electron chi connectivity index (χ0n) is 11.1. The second-order valence-corrected chi connectivity index (χ2v) is 5.00. The third-order valence-electron chi connectivity index (χ3n) is 3.67. The van der Waals surface area contributed by atoms with Gasteiger partial charge in [-0.1, -0.05) is 25.8 Å². The molecule has 1 amide bonds. The molecule has 0 radical (unpaired) electrons. The molecule has 1 aromatic heterocycles. The van der Waals surface area contributed by atoms with E-state index in [1.807, 2.05) is 12.1 Å². The maximum atomic E-state index is 12.1. The van der Waals surface area contributed by atoms with Gasteiger partial charge in [0.25, 0.3) is 5.91 Å². The van der Waals surface area contributed by atoms with Crippen molar-refractivity contribution in [2.45, 2.75) is 38.6 Å². The van der Waals surface area contributed by atoms with Crippen LogP contribution in [0.15, 0.2) is 18.2 Å². The van der Waals surface area contributed by atoms with Crippen LogP contribution in [0.1, 0.15) is 43.1 Å². The van der Waals surface area contributed by atoms with Crippen LogP contribution in [0.2, 0.25) is 0 Å². The van der Waals surface area contributed by atoms with Crippen LogP contribution >= 0.6 is 0 Å². The summed E-state index contributed by atoms with van der Waals surface area (Å²) in [6.07, 6.45) is 4.77. The molecule has 4 heteroatoms. The van der Waals surface area contributed by atoms with Gasteiger partial charge in [-0.25, -0.2) is 4.98 Å². The number of aromatic nitrogens is 1. The van der Waals surface area contributed by atoms with Crippen LogP contribution in [0.4, 0.5) is 5.82 Å². The first-order valence-electron chi connectivity index (χ1n) is 6.66. The SMILES string of the molecule is CNc1cccc(C(=O)NC2CCCCC2C)n1. The molecule has 0 spiro atoms. The van der Waals surface area contributed by atoms with Gasteiger partial charge >= 0.3 is 0 Å². The summed E-state index contributed by atoms with van der Waals surface area (Å²) in [6.45, 7) is 2.21. The highest BCUT2D eigenvalue weighted by Crippen LogP contribution is 2.23. The third-order valence-corrected chi connectivity index (χ3v) is 3.67. The van der Waals surface area contributed by atoms with Crippen molar-refractivity contribution in [1.29, 1.82) is 0 Å². The summed E-state index contributed by atoms with van der Waals surface area (Å²) in [6, 6.07) is 5.74. The molecule has 1 heterocycles. The van der Waals surface area contributed by atoms with Gasteiger partial charge < -0.3 is 10.6 Å². The molecule has 1 aliphatic carbocycles. The fraction of sp³-hybridized carbons (Fsp3) is 0.571. The van der Waals surface area contributed by atoms with Gasteiger partial charge in [0.15, 0.2) is 0 Å². The molecule has 1 aromatic rings. The molecule has 0 saturated heterocycles. The molecular weight excluding hydrogens is 226 g/mol. The second kappa shape index (κ2) is 5.85. The second-order valence-electron chi connectivity index (χ2n) is 5.00. The average molecular weight is 247 g/mol. The Morgan fingerprint density at radius 2 is 2.11 bits per heavy atom. The predicted molar refractivity (Wildman–Crippen MR) is 72.7 cm³/mol. The average Bonchev–Trinajstić information content (AvgIpc) is 2.41. The molecule has 4 nitrogen and oxygen atoms in total. The van der Waals surface area contributed by atoms with E-state index in [4.69, 9.17) is 0 Å². The van der Waals surface area contributed by atoms with E-state index in [-0.39, 0.29) is 5.91 Å². The number of amides is 1. The van der Waals surface area contributed by atoms with Gasteiger partial charge in [0.05, 0.1) is 0 Å². The smallest absolute Gasteiger partial charge is 0.270 e. The molecule has 98 valence electrons. The lowest BCUT2D eigenvalue weighted by molar-refractivity contribution is 0.0905. The van der Waals surface area contributed by atoms with Gasteiger partial charge in [-0.2, -0.15) is 0 Å². The molecule has 0 bridgehead atoms. The molecule has 1 fully saturated rings. The van der Waals surface area contributed by atoms with Crippen molar-refractivity contribution in [3.8, 4) is 0 Å². The summed E-state index contributed by atoms with van der Waals surface area (Å²) >= 11 is 0. The molecule has 2 N–H and O–H groups in total. The molecule has 0 aromatic carbocycles. The van der Waals surface area contributed by atoms with Gasteiger partial charge in [0.1, 0.15) is 11.5 Å². The van der Waals surface area contributed by atoms with Gasteiger partial charge in [-0.15, -0.1) is 0 Å². The molecule has 1 saturated carbocycles. The summed E-state index contributed by atoms with van der Waals surface area (Å²) in [5.74, 6) is 1.22. The van der Waals surface area contributed by atoms with Crippen LogP contribution < -0.4 is 10.6 Å². The third kappa shape index (κ3) is 3.00. The molecule has 1 aliphatic rings. The number of nitrogens with zero attached hydrogens (tertiary/aromatic N) is 1. The number of rotatable bonds is 3. The van der Waals surface area contributed by atoms with Gasteiger partial charge in [0.2, 0.25) is 0 Å². The van der Waals surface area contributed by atoms with E-state index < -0.39 is 0 Å². The van der Waals surface area contributed by atoms with Crippen molar-refractivity contribution >= 4 is 11.7 Å². The molecular formula is C14H21N3O. The lowest BCUT2D eigenvalue weighted by Crippen LogP contribution is -2.41. The lowest BCUT2D eigenvalue weighted by atomic mass is 9.86.